The van der Waals surface area contributed by atoms with Gasteiger partial charge in [-0.1, -0.05) is 18.2 Å². The molecule has 6 heteroatoms. The lowest BCUT2D eigenvalue weighted by Gasteiger charge is -2.32. The van der Waals surface area contributed by atoms with E-state index in [-0.39, 0.29) is 24.9 Å². The number of hydrogen-bond acceptors (Lipinski definition) is 5. The predicted molar refractivity (Wildman–Crippen MR) is 84.8 cm³/mol. The maximum absolute atomic E-state index is 12.7. The van der Waals surface area contributed by atoms with Crippen LogP contribution in [0, 0.1) is 5.92 Å². The van der Waals surface area contributed by atoms with Crippen LogP contribution in [0.4, 0.5) is 0 Å². The molecular formula is C18H16N2O4. The number of carbonyl (C=O) groups excluding carboxylic acids is 3. The standard InChI is InChI=1S/C18H16N2O4/c1-2-24-18(23)15-14(21)8-13-16-11(9-20(13)17(15)22)7-10-5-3-4-6-12(10)19-16/h3-7,13,15H,2,8-9H2,1H3. The van der Waals surface area contributed by atoms with E-state index in [0.29, 0.717) is 6.54 Å². The van der Waals surface area contributed by atoms with E-state index >= 15 is 0 Å². The van der Waals surface area contributed by atoms with Crippen LogP contribution in [0.3, 0.4) is 0 Å². The fourth-order valence-electron chi connectivity index (χ4n) is 3.54. The quantitative estimate of drug-likeness (QED) is 0.621. The largest absolute Gasteiger partial charge is 0.465 e. The van der Waals surface area contributed by atoms with Gasteiger partial charge in [-0.15, -0.1) is 0 Å². The van der Waals surface area contributed by atoms with Crippen molar-refractivity contribution in [1.82, 2.24) is 9.88 Å². The molecule has 2 atom stereocenters. The van der Waals surface area contributed by atoms with Gasteiger partial charge in [0.05, 0.1) is 23.9 Å². The van der Waals surface area contributed by atoms with Gasteiger partial charge in [-0.05, 0) is 24.6 Å². The van der Waals surface area contributed by atoms with E-state index in [1.165, 1.54) is 0 Å². The smallest absolute Gasteiger partial charge is 0.326 e. The number of piperidine rings is 1. The third kappa shape index (κ3) is 2.10. The van der Waals surface area contributed by atoms with Gasteiger partial charge in [-0.25, -0.2) is 0 Å². The minimum atomic E-state index is -1.33. The van der Waals surface area contributed by atoms with Crippen molar-refractivity contribution in [3.8, 4) is 0 Å². The zero-order valence-electron chi connectivity index (χ0n) is 13.2. The monoisotopic (exact) mass is 324 g/mol. The lowest BCUT2D eigenvalue weighted by atomic mass is 9.90. The van der Waals surface area contributed by atoms with E-state index in [9.17, 15) is 14.4 Å². The normalized spacial score (nSPS) is 22.5. The molecule has 0 spiro atoms. The molecule has 1 saturated heterocycles. The molecule has 0 aliphatic carbocycles. The maximum Gasteiger partial charge on any atom is 0.326 e. The number of hydrogen-bond donors (Lipinski definition) is 0. The second-order valence-corrected chi connectivity index (χ2v) is 6.06. The second-order valence-electron chi connectivity index (χ2n) is 6.06. The first-order valence-electron chi connectivity index (χ1n) is 7.98. The van der Waals surface area contributed by atoms with E-state index < -0.39 is 17.8 Å². The summed E-state index contributed by atoms with van der Waals surface area (Å²) in [4.78, 5) is 43.2. The Bertz CT molecular complexity index is 876. The molecule has 2 aromatic rings. The summed E-state index contributed by atoms with van der Waals surface area (Å²) in [6.07, 6.45) is 0.105. The molecule has 122 valence electrons. The average Bonchev–Trinajstić information content (AvgIpc) is 2.91. The summed E-state index contributed by atoms with van der Waals surface area (Å²) >= 11 is 0. The van der Waals surface area contributed by atoms with Gasteiger partial charge >= 0.3 is 5.97 Å². The summed E-state index contributed by atoms with van der Waals surface area (Å²) in [6, 6.07) is 9.34. The number of Topliss-reactive ketones (excluding diaryl/α,β-unsaturated/α-hetero) is 1. The Morgan fingerprint density at radius 1 is 1.33 bits per heavy atom. The lowest BCUT2D eigenvalue weighted by Crippen LogP contribution is -2.48. The first kappa shape index (κ1) is 14.8. The summed E-state index contributed by atoms with van der Waals surface area (Å²) in [5, 5.41) is 0.997. The Morgan fingerprint density at radius 3 is 2.92 bits per heavy atom. The first-order valence-corrected chi connectivity index (χ1v) is 7.98. The van der Waals surface area contributed by atoms with E-state index in [2.05, 4.69) is 4.98 Å². The van der Waals surface area contributed by atoms with Crippen LogP contribution < -0.4 is 0 Å². The Labute approximate surface area is 138 Å². The minimum Gasteiger partial charge on any atom is -0.465 e. The van der Waals surface area contributed by atoms with Gasteiger partial charge in [0.2, 0.25) is 5.91 Å². The summed E-state index contributed by atoms with van der Waals surface area (Å²) in [5.41, 5.74) is 2.53. The van der Waals surface area contributed by atoms with Crippen LogP contribution in [0.2, 0.25) is 0 Å². The van der Waals surface area contributed by atoms with Gasteiger partial charge in [-0.2, -0.15) is 0 Å². The predicted octanol–water partition coefficient (Wildman–Crippen LogP) is 1.77. The molecule has 1 aromatic heterocycles. The van der Waals surface area contributed by atoms with Crippen molar-refractivity contribution >= 4 is 28.6 Å². The highest BCUT2D eigenvalue weighted by molar-refractivity contribution is 6.18. The highest BCUT2D eigenvalue weighted by Crippen LogP contribution is 2.41. The minimum absolute atomic E-state index is 0.105. The van der Waals surface area contributed by atoms with E-state index in [1.807, 2.05) is 30.3 Å². The van der Waals surface area contributed by atoms with Gasteiger partial charge in [0.15, 0.2) is 11.7 Å². The SMILES string of the molecule is CCOC(=O)C1C(=O)CC2c3nc4ccccc4cc3CN2C1=O. The Kier molecular flexibility index (Phi) is 3.33. The Hall–Kier alpha value is -2.76. The molecule has 2 unspecified atom stereocenters. The molecule has 1 fully saturated rings. The molecule has 1 aromatic carbocycles. The van der Waals surface area contributed by atoms with E-state index in [4.69, 9.17) is 4.74 Å². The van der Waals surface area contributed by atoms with Crippen LogP contribution in [0.5, 0.6) is 0 Å². The van der Waals surface area contributed by atoms with E-state index in [1.54, 1.807) is 11.8 Å². The van der Waals surface area contributed by atoms with Gasteiger partial charge < -0.3 is 9.64 Å². The molecule has 0 saturated carbocycles. The third-order valence-corrected chi connectivity index (χ3v) is 4.64. The van der Waals surface area contributed by atoms with Crippen molar-refractivity contribution in [1.29, 1.82) is 0 Å². The van der Waals surface area contributed by atoms with Crippen molar-refractivity contribution in [2.75, 3.05) is 6.61 Å². The molecular weight excluding hydrogens is 308 g/mol. The topological polar surface area (TPSA) is 76.6 Å². The number of ketones is 1. The molecule has 2 aliphatic rings. The summed E-state index contributed by atoms with van der Waals surface area (Å²) in [6.45, 7) is 2.17. The number of amides is 1. The number of rotatable bonds is 2. The van der Waals surface area contributed by atoms with Gasteiger partial charge in [0.1, 0.15) is 0 Å². The van der Waals surface area contributed by atoms with Crippen LogP contribution in [0.1, 0.15) is 30.6 Å². The van der Waals surface area contributed by atoms with Gasteiger partial charge in [-0.3, -0.25) is 19.4 Å². The average molecular weight is 324 g/mol. The van der Waals surface area contributed by atoms with Crippen molar-refractivity contribution in [2.24, 2.45) is 5.92 Å². The zero-order valence-corrected chi connectivity index (χ0v) is 13.2. The highest BCUT2D eigenvalue weighted by atomic mass is 16.5. The number of pyridine rings is 1. The zero-order chi connectivity index (χ0) is 16.8. The Balaban J connectivity index is 1.72. The number of aromatic nitrogens is 1. The molecule has 2 aliphatic heterocycles. The summed E-state index contributed by atoms with van der Waals surface area (Å²) in [5.74, 6) is -2.94. The number of esters is 1. The van der Waals surface area contributed by atoms with Crippen molar-refractivity contribution in [3.05, 3.63) is 41.6 Å². The summed E-state index contributed by atoms with van der Waals surface area (Å²) in [7, 11) is 0. The third-order valence-electron chi connectivity index (χ3n) is 4.64. The molecule has 0 radical (unpaired) electrons. The number of nitrogens with zero attached hydrogens (tertiary/aromatic N) is 2. The van der Waals surface area contributed by atoms with Crippen LogP contribution in [0.15, 0.2) is 30.3 Å². The van der Waals surface area contributed by atoms with Crippen LogP contribution in [-0.4, -0.2) is 34.2 Å². The van der Waals surface area contributed by atoms with Crippen molar-refractivity contribution < 1.29 is 19.1 Å². The van der Waals surface area contributed by atoms with Crippen LogP contribution in [-0.2, 0) is 25.7 Å². The van der Waals surface area contributed by atoms with Crippen molar-refractivity contribution in [3.63, 3.8) is 0 Å². The molecule has 24 heavy (non-hydrogen) atoms. The maximum atomic E-state index is 12.7. The second kappa shape index (κ2) is 5.40. The van der Waals surface area contributed by atoms with Gasteiger partial charge in [0, 0.05) is 18.4 Å². The number of carbonyl (C=O) groups is 3. The lowest BCUT2D eigenvalue weighted by molar-refractivity contribution is -0.163. The summed E-state index contributed by atoms with van der Waals surface area (Å²) < 4.78 is 4.89. The number of ether oxygens (including phenoxy) is 1. The molecule has 0 N–H and O–H groups in total. The van der Waals surface area contributed by atoms with Gasteiger partial charge in [0.25, 0.3) is 0 Å². The fourth-order valence-corrected chi connectivity index (χ4v) is 3.54. The first-order chi connectivity index (χ1) is 11.6. The molecule has 3 heterocycles. The van der Waals surface area contributed by atoms with E-state index in [0.717, 1.165) is 22.2 Å². The Morgan fingerprint density at radius 2 is 2.12 bits per heavy atom. The fraction of sp³-hybridized carbons (Fsp3) is 0.333. The highest BCUT2D eigenvalue weighted by Gasteiger charge is 2.49. The molecule has 0 bridgehead atoms. The number of fused-ring (bicyclic) bond motifs is 4. The molecule has 1 amide bonds. The molecule has 6 nitrogen and oxygen atoms in total. The van der Waals surface area contributed by atoms with Crippen LogP contribution in [0.25, 0.3) is 10.9 Å². The van der Waals surface area contributed by atoms with Crippen molar-refractivity contribution in [2.45, 2.75) is 25.9 Å². The molecule has 4 rings (SSSR count). The number of benzene rings is 1. The number of para-hydroxylation sites is 1. The van der Waals surface area contributed by atoms with Crippen LogP contribution >= 0.6 is 0 Å².